The summed E-state index contributed by atoms with van der Waals surface area (Å²) in [6, 6.07) is 4.81. The maximum atomic E-state index is 11.1. The molecule has 1 heterocycles. The fourth-order valence-corrected chi connectivity index (χ4v) is 1.48. The van der Waals surface area contributed by atoms with Gasteiger partial charge in [0.05, 0.1) is 5.56 Å². The second-order valence-corrected chi connectivity index (χ2v) is 3.84. The second-order valence-electron chi connectivity index (χ2n) is 3.40. The normalized spacial score (nSPS) is 15.8. The quantitative estimate of drug-likeness (QED) is 0.801. The monoisotopic (exact) mass is 226 g/mol. The minimum atomic E-state index is -0.506. The number of hydrogen-bond donors (Lipinski definition) is 2. The lowest BCUT2D eigenvalue weighted by Gasteiger charge is -2.28. The third-order valence-electron chi connectivity index (χ3n) is 2.25. The molecule has 5 heteroatoms. The topological polar surface area (TPSA) is 64.4 Å². The van der Waals surface area contributed by atoms with E-state index < -0.39 is 5.91 Å². The van der Waals surface area contributed by atoms with Gasteiger partial charge < -0.3 is 15.8 Å². The van der Waals surface area contributed by atoms with Crippen molar-refractivity contribution in [3.05, 3.63) is 28.8 Å². The van der Waals surface area contributed by atoms with Crippen molar-refractivity contribution in [2.75, 3.05) is 13.1 Å². The van der Waals surface area contributed by atoms with E-state index in [9.17, 15) is 4.79 Å². The van der Waals surface area contributed by atoms with Gasteiger partial charge in [-0.2, -0.15) is 0 Å². The average molecular weight is 227 g/mol. The third kappa shape index (κ3) is 2.22. The number of nitrogens with one attached hydrogen (secondary N) is 1. The fourth-order valence-electron chi connectivity index (χ4n) is 1.32. The molecule has 1 fully saturated rings. The Labute approximate surface area is 92.4 Å². The van der Waals surface area contributed by atoms with Crippen LogP contribution >= 0.6 is 11.6 Å². The van der Waals surface area contributed by atoms with Gasteiger partial charge in [-0.15, -0.1) is 0 Å². The summed E-state index contributed by atoms with van der Waals surface area (Å²) in [6.07, 6.45) is 0.0987. The number of primary amides is 1. The van der Waals surface area contributed by atoms with Crippen LogP contribution in [0.5, 0.6) is 5.75 Å². The van der Waals surface area contributed by atoms with Crippen LogP contribution in [0, 0.1) is 0 Å². The first kappa shape index (κ1) is 10.3. The first-order valence-electron chi connectivity index (χ1n) is 4.63. The second kappa shape index (κ2) is 4.08. The largest absolute Gasteiger partial charge is 0.487 e. The molecule has 0 spiro atoms. The zero-order valence-electron chi connectivity index (χ0n) is 8.00. The molecule has 0 unspecified atom stereocenters. The van der Waals surface area contributed by atoms with Gasteiger partial charge in [-0.25, -0.2) is 0 Å². The van der Waals surface area contributed by atoms with Crippen LogP contribution in [0.25, 0.3) is 0 Å². The zero-order chi connectivity index (χ0) is 10.8. The van der Waals surface area contributed by atoms with E-state index in [-0.39, 0.29) is 6.10 Å². The maximum Gasteiger partial charge on any atom is 0.252 e. The van der Waals surface area contributed by atoms with Crippen molar-refractivity contribution < 1.29 is 9.53 Å². The molecule has 0 aliphatic carbocycles. The lowest BCUT2D eigenvalue weighted by Crippen LogP contribution is -2.50. The molecule has 3 N–H and O–H groups in total. The number of hydrogen-bond acceptors (Lipinski definition) is 3. The molecule has 4 nitrogen and oxygen atoms in total. The van der Waals surface area contributed by atoms with Gasteiger partial charge >= 0.3 is 0 Å². The van der Waals surface area contributed by atoms with Gasteiger partial charge in [0, 0.05) is 18.1 Å². The van der Waals surface area contributed by atoms with E-state index in [0.717, 1.165) is 13.1 Å². The van der Waals surface area contributed by atoms with E-state index >= 15 is 0 Å². The molecule has 1 saturated heterocycles. The molecule has 1 aromatic rings. The van der Waals surface area contributed by atoms with Gasteiger partial charge in [0.15, 0.2) is 0 Å². The molecule has 2 rings (SSSR count). The molecule has 1 aliphatic heterocycles. The Balaban J connectivity index is 2.24. The Morgan fingerprint density at radius 1 is 1.53 bits per heavy atom. The maximum absolute atomic E-state index is 11.1. The predicted octanol–water partition coefficient (Wildman–Crippen LogP) is 0.789. The highest BCUT2D eigenvalue weighted by Crippen LogP contribution is 2.24. The van der Waals surface area contributed by atoms with Crippen molar-refractivity contribution in [1.82, 2.24) is 5.32 Å². The molecule has 80 valence electrons. The highest BCUT2D eigenvalue weighted by Gasteiger charge is 2.20. The summed E-state index contributed by atoms with van der Waals surface area (Å²) in [7, 11) is 0. The Morgan fingerprint density at radius 3 is 2.80 bits per heavy atom. The number of halogens is 1. The van der Waals surface area contributed by atoms with E-state index in [1.807, 2.05) is 0 Å². The van der Waals surface area contributed by atoms with Crippen molar-refractivity contribution in [3.8, 4) is 5.75 Å². The van der Waals surface area contributed by atoms with Crippen molar-refractivity contribution in [1.29, 1.82) is 0 Å². The average Bonchev–Trinajstić information content (AvgIpc) is 2.11. The van der Waals surface area contributed by atoms with E-state index in [0.29, 0.717) is 16.3 Å². The van der Waals surface area contributed by atoms with Gasteiger partial charge in [0.1, 0.15) is 11.9 Å². The summed E-state index contributed by atoms with van der Waals surface area (Å²) in [5.74, 6) is -0.0459. The molecule has 1 aliphatic rings. The van der Waals surface area contributed by atoms with E-state index in [2.05, 4.69) is 5.32 Å². The lowest BCUT2D eigenvalue weighted by atomic mass is 10.1. The van der Waals surface area contributed by atoms with Gasteiger partial charge in [-0.3, -0.25) is 4.79 Å². The number of ether oxygens (including phenoxy) is 1. The summed E-state index contributed by atoms with van der Waals surface area (Å²) in [5.41, 5.74) is 5.59. The first-order chi connectivity index (χ1) is 7.16. The van der Waals surface area contributed by atoms with E-state index in [1.54, 1.807) is 18.2 Å². The summed E-state index contributed by atoms with van der Waals surface area (Å²) in [6.45, 7) is 1.56. The Bertz CT molecular complexity index is 391. The lowest BCUT2D eigenvalue weighted by molar-refractivity contribution is 0.0984. The molecule has 0 aromatic heterocycles. The van der Waals surface area contributed by atoms with Crippen molar-refractivity contribution in [3.63, 3.8) is 0 Å². The number of amides is 1. The summed E-state index contributed by atoms with van der Waals surface area (Å²) in [4.78, 5) is 11.1. The SMILES string of the molecule is NC(=O)c1ccc(Cl)cc1OC1CNC1. The summed E-state index contributed by atoms with van der Waals surface area (Å²) in [5, 5.41) is 3.60. The predicted molar refractivity (Wildman–Crippen MR) is 57.3 cm³/mol. The Hall–Kier alpha value is -1.26. The van der Waals surface area contributed by atoms with Crippen molar-refractivity contribution in [2.45, 2.75) is 6.10 Å². The number of carbonyl (C=O) groups excluding carboxylic acids is 1. The van der Waals surface area contributed by atoms with E-state index in [1.165, 1.54) is 0 Å². The van der Waals surface area contributed by atoms with Gasteiger partial charge in [0.2, 0.25) is 0 Å². The van der Waals surface area contributed by atoms with Crippen LogP contribution in [0.4, 0.5) is 0 Å². The Morgan fingerprint density at radius 2 is 2.27 bits per heavy atom. The van der Waals surface area contributed by atoms with E-state index in [4.69, 9.17) is 22.1 Å². The standard InChI is InChI=1S/C10H11ClN2O2/c11-6-1-2-8(10(12)14)9(3-6)15-7-4-13-5-7/h1-3,7,13H,4-5H2,(H2,12,14). The molecule has 0 saturated carbocycles. The summed E-state index contributed by atoms with van der Waals surface area (Å²) >= 11 is 5.82. The van der Waals surface area contributed by atoms with Crippen LogP contribution in [-0.4, -0.2) is 25.1 Å². The van der Waals surface area contributed by atoms with Crippen LogP contribution < -0.4 is 15.8 Å². The van der Waals surface area contributed by atoms with Crippen LogP contribution in [-0.2, 0) is 0 Å². The van der Waals surface area contributed by atoms with Crippen LogP contribution in [0.1, 0.15) is 10.4 Å². The van der Waals surface area contributed by atoms with Gasteiger partial charge in [-0.1, -0.05) is 11.6 Å². The third-order valence-corrected chi connectivity index (χ3v) is 2.48. The molecule has 0 radical (unpaired) electrons. The summed E-state index contributed by atoms with van der Waals surface area (Å²) < 4.78 is 5.58. The Kier molecular flexibility index (Phi) is 2.79. The highest BCUT2D eigenvalue weighted by molar-refractivity contribution is 6.30. The van der Waals surface area contributed by atoms with Crippen molar-refractivity contribution >= 4 is 17.5 Å². The minimum absolute atomic E-state index is 0.0987. The molecular weight excluding hydrogens is 216 g/mol. The molecule has 1 aromatic carbocycles. The number of nitrogens with two attached hydrogens (primary N) is 1. The fraction of sp³-hybridized carbons (Fsp3) is 0.300. The molecule has 0 bridgehead atoms. The van der Waals surface area contributed by atoms with Crippen LogP contribution in [0.15, 0.2) is 18.2 Å². The molecule has 15 heavy (non-hydrogen) atoms. The number of benzene rings is 1. The minimum Gasteiger partial charge on any atom is -0.487 e. The van der Waals surface area contributed by atoms with Crippen molar-refractivity contribution in [2.24, 2.45) is 5.73 Å². The molecule has 1 amide bonds. The van der Waals surface area contributed by atoms with Gasteiger partial charge in [0.25, 0.3) is 5.91 Å². The highest BCUT2D eigenvalue weighted by atomic mass is 35.5. The van der Waals surface area contributed by atoms with Crippen LogP contribution in [0.3, 0.4) is 0 Å². The number of rotatable bonds is 3. The molecule has 0 atom stereocenters. The van der Waals surface area contributed by atoms with Crippen LogP contribution in [0.2, 0.25) is 5.02 Å². The smallest absolute Gasteiger partial charge is 0.252 e. The zero-order valence-corrected chi connectivity index (χ0v) is 8.75. The number of carbonyl (C=O) groups is 1. The molecular formula is C10H11ClN2O2. The van der Waals surface area contributed by atoms with Gasteiger partial charge in [-0.05, 0) is 18.2 Å². The first-order valence-corrected chi connectivity index (χ1v) is 5.01.